The third-order valence-electron chi connectivity index (χ3n) is 10.5. The molecule has 1 unspecified atom stereocenters. The van der Waals surface area contributed by atoms with Crippen LogP contribution in [-0.2, 0) is 28.6 Å². The molecule has 0 aliphatic carbocycles. The van der Waals surface area contributed by atoms with E-state index in [0.29, 0.717) is 19.3 Å². The van der Waals surface area contributed by atoms with E-state index in [1.165, 1.54) is 57.8 Å². The maximum atomic E-state index is 12.8. The van der Waals surface area contributed by atoms with Crippen LogP contribution in [-0.4, -0.2) is 37.2 Å². The van der Waals surface area contributed by atoms with E-state index in [-0.39, 0.29) is 38.0 Å². The van der Waals surface area contributed by atoms with Gasteiger partial charge in [-0.1, -0.05) is 219 Å². The lowest BCUT2D eigenvalue weighted by molar-refractivity contribution is -0.166. The molecule has 0 saturated heterocycles. The number of hydrogen-bond donors (Lipinski definition) is 0. The zero-order valence-electron chi connectivity index (χ0n) is 42.1. The fourth-order valence-corrected chi connectivity index (χ4v) is 6.54. The van der Waals surface area contributed by atoms with Crippen LogP contribution in [0.1, 0.15) is 207 Å². The van der Waals surface area contributed by atoms with Gasteiger partial charge in [-0.3, -0.25) is 14.4 Å². The summed E-state index contributed by atoms with van der Waals surface area (Å²) in [7, 11) is 0. The molecule has 0 radical (unpaired) electrons. The molecule has 0 amide bonds. The minimum Gasteiger partial charge on any atom is -0.462 e. The van der Waals surface area contributed by atoms with Crippen LogP contribution in [0.4, 0.5) is 0 Å². The summed E-state index contributed by atoms with van der Waals surface area (Å²) in [4.78, 5) is 38.0. The molecule has 370 valence electrons. The number of rotatable bonds is 45. The number of unbranched alkanes of at least 4 members (excludes halogenated alkanes) is 15. The van der Waals surface area contributed by atoms with Crippen LogP contribution in [0.25, 0.3) is 0 Å². The van der Waals surface area contributed by atoms with Crippen molar-refractivity contribution in [3.63, 3.8) is 0 Å². The van der Waals surface area contributed by atoms with Gasteiger partial charge >= 0.3 is 17.9 Å². The minimum atomic E-state index is -0.845. The van der Waals surface area contributed by atoms with E-state index in [0.717, 1.165) is 96.3 Å². The van der Waals surface area contributed by atoms with E-state index in [1.807, 2.05) is 6.08 Å². The Morgan fingerprint density at radius 3 is 1.23 bits per heavy atom. The van der Waals surface area contributed by atoms with Crippen molar-refractivity contribution in [2.24, 2.45) is 0 Å². The van der Waals surface area contributed by atoms with Crippen molar-refractivity contribution in [1.29, 1.82) is 0 Å². The van der Waals surface area contributed by atoms with E-state index in [1.54, 1.807) is 0 Å². The van der Waals surface area contributed by atoms with Crippen molar-refractivity contribution in [2.45, 2.75) is 213 Å². The number of carbonyl (C=O) groups excluding carboxylic acids is 3. The fourth-order valence-electron chi connectivity index (χ4n) is 6.54. The maximum Gasteiger partial charge on any atom is 0.306 e. The highest BCUT2D eigenvalue weighted by molar-refractivity contribution is 5.71. The Bertz CT molecular complexity index is 1460. The van der Waals surface area contributed by atoms with Crippen molar-refractivity contribution in [1.82, 2.24) is 0 Å². The minimum absolute atomic E-state index is 0.135. The number of carbonyl (C=O) groups is 3. The zero-order chi connectivity index (χ0) is 47.9. The number of allylic oxidation sites excluding steroid dienone is 22. The summed E-state index contributed by atoms with van der Waals surface area (Å²) in [5.41, 5.74) is 0. The van der Waals surface area contributed by atoms with Crippen LogP contribution in [0.3, 0.4) is 0 Å². The summed E-state index contributed by atoms with van der Waals surface area (Å²) in [6, 6.07) is 0. The highest BCUT2D eigenvalue weighted by Gasteiger charge is 2.19. The van der Waals surface area contributed by atoms with E-state index >= 15 is 0 Å². The lowest BCUT2D eigenvalue weighted by atomic mass is 10.1. The Kier molecular flexibility index (Phi) is 49.6. The molecule has 0 spiro atoms. The first-order chi connectivity index (χ1) is 32.5. The SMILES string of the molecule is CC/C=C\C/C=C\C/C=C\C/C=C\C/C=C\CCCC(=O)OC(COC(=O)CC/C=C\C/C=C\CCCCCCCC)COC(=O)CCCCCCC\C=C/C=C\C=C/C=C\CCCCC. The largest absolute Gasteiger partial charge is 0.462 e. The summed E-state index contributed by atoms with van der Waals surface area (Å²) in [6.45, 7) is 6.33. The summed E-state index contributed by atoms with van der Waals surface area (Å²) in [5.74, 6) is -1.09. The van der Waals surface area contributed by atoms with E-state index < -0.39 is 12.1 Å². The van der Waals surface area contributed by atoms with Crippen LogP contribution in [0.15, 0.2) is 134 Å². The van der Waals surface area contributed by atoms with E-state index in [4.69, 9.17) is 14.2 Å². The molecule has 1 atom stereocenters. The van der Waals surface area contributed by atoms with Gasteiger partial charge < -0.3 is 14.2 Å². The molecule has 0 aromatic rings. The smallest absolute Gasteiger partial charge is 0.306 e. The Morgan fingerprint density at radius 1 is 0.333 bits per heavy atom. The van der Waals surface area contributed by atoms with Gasteiger partial charge in [0.1, 0.15) is 13.2 Å². The normalized spacial score (nSPS) is 13.2. The van der Waals surface area contributed by atoms with Crippen molar-refractivity contribution < 1.29 is 28.6 Å². The molecule has 0 aliphatic rings. The summed E-state index contributed by atoms with van der Waals surface area (Å²) >= 11 is 0. The molecule has 0 saturated carbocycles. The van der Waals surface area contributed by atoms with Crippen LogP contribution >= 0.6 is 0 Å². The molecular weight excluding hydrogens is 817 g/mol. The molecule has 6 nitrogen and oxygen atoms in total. The van der Waals surface area contributed by atoms with Crippen molar-refractivity contribution >= 4 is 17.9 Å². The predicted octanol–water partition coefficient (Wildman–Crippen LogP) is 17.5. The van der Waals surface area contributed by atoms with Crippen LogP contribution in [0.5, 0.6) is 0 Å². The van der Waals surface area contributed by atoms with Crippen LogP contribution in [0.2, 0.25) is 0 Å². The maximum absolute atomic E-state index is 12.8. The van der Waals surface area contributed by atoms with E-state index in [9.17, 15) is 14.4 Å². The van der Waals surface area contributed by atoms with Gasteiger partial charge in [-0.2, -0.15) is 0 Å². The second kappa shape index (κ2) is 53.2. The van der Waals surface area contributed by atoms with Gasteiger partial charge in [-0.25, -0.2) is 0 Å². The monoisotopic (exact) mass is 911 g/mol. The first kappa shape index (κ1) is 61.5. The summed E-state index contributed by atoms with van der Waals surface area (Å²) in [5, 5.41) is 0. The molecule has 0 N–H and O–H groups in total. The number of hydrogen-bond acceptors (Lipinski definition) is 6. The number of esters is 3. The Hall–Kier alpha value is -4.45. The van der Waals surface area contributed by atoms with Gasteiger partial charge in [-0.15, -0.1) is 0 Å². The van der Waals surface area contributed by atoms with Gasteiger partial charge in [0, 0.05) is 19.3 Å². The topological polar surface area (TPSA) is 78.9 Å². The number of ether oxygens (including phenoxy) is 3. The molecule has 0 bridgehead atoms. The molecule has 0 aliphatic heterocycles. The Labute approximate surface area is 405 Å². The average molecular weight is 911 g/mol. The molecule has 0 aromatic heterocycles. The predicted molar refractivity (Wildman–Crippen MR) is 283 cm³/mol. The van der Waals surface area contributed by atoms with E-state index in [2.05, 4.69) is 148 Å². The Balaban J connectivity index is 4.62. The first-order valence-corrected chi connectivity index (χ1v) is 26.2. The first-order valence-electron chi connectivity index (χ1n) is 26.2. The molecule has 0 aromatic carbocycles. The van der Waals surface area contributed by atoms with Gasteiger partial charge in [0.25, 0.3) is 0 Å². The summed E-state index contributed by atoms with van der Waals surface area (Å²) < 4.78 is 16.7. The fraction of sp³-hybridized carbons (Fsp3) is 0.583. The zero-order valence-corrected chi connectivity index (χ0v) is 42.1. The molecular formula is C60H94O6. The molecule has 0 rings (SSSR count). The average Bonchev–Trinajstić information content (AvgIpc) is 3.31. The quantitative estimate of drug-likeness (QED) is 0.0199. The molecule has 66 heavy (non-hydrogen) atoms. The van der Waals surface area contributed by atoms with Crippen LogP contribution in [0, 0.1) is 0 Å². The van der Waals surface area contributed by atoms with Crippen molar-refractivity contribution in [3.05, 3.63) is 134 Å². The van der Waals surface area contributed by atoms with Crippen molar-refractivity contribution in [3.8, 4) is 0 Å². The van der Waals surface area contributed by atoms with Gasteiger partial charge in [-0.05, 0) is 103 Å². The summed E-state index contributed by atoms with van der Waals surface area (Å²) in [6.07, 6.45) is 74.5. The lowest BCUT2D eigenvalue weighted by Crippen LogP contribution is -2.30. The third-order valence-corrected chi connectivity index (χ3v) is 10.5. The molecule has 0 heterocycles. The highest BCUT2D eigenvalue weighted by Crippen LogP contribution is 2.11. The second-order valence-electron chi connectivity index (χ2n) is 16.8. The molecule has 6 heteroatoms. The van der Waals surface area contributed by atoms with Gasteiger partial charge in [0.2, 0.25) is 0 Å². The van der Waals surface area contributed by atoms with Crippen molar-refractivity contribution in [2.75, 3.05) is 13.2 Å². The standard InChI is InChI=1S/C60H94O6/c1-4-7-10-13-16-19-22-25-27-29-31-32-35-38-41-44-47-50-53-59(62)65-56-57(55-64-58(61)52-49-46-43-40-37-34-24-21-18-15-12-9-6-3)66-60(63)54-51-48-45-42-39-36-33-30-28-26-23-20-17-14-11-8-5-2/h8,11,16-17,19-20,22,25-29,31-34,36-37,42-43,45-46,57H,4-7,9-10,12-15,18,21,23-24,30,35,38-41,44,47-56H2,1-3H3/b11-8-,19-16-,20-17-,25-22-,28-26-,29-27-,32-31-,36-33-,37-34-,45-42-,46-43-. The third kappa shape index (κ3) is 50.5. The second-order valence-corrected chi connectivity index (χ2v) is 16.8. The lowest BCUT2D eigenvalue weighted by Gasteiger charge is -2.18. The van der Waals surface area contributed by atoms with Gasteiger partial charge in [0.05, 0.1) is 0 Å². The highest BCUT2D eigenvalue weighted by atomic mass is 16.6. The Morgan fingerprint density at radius 2 is 0.697 bits per heavy atom. The van der Waals surface area contributed by atoms with Gasteiger partial charge in [0.15, 0.2) is 6.10 Å². The van der Waals surface area contributed by atoms with Crippen LogP contribution < -0.4 is 0 Å². The molecule has 0 fully saturated rings.